The first-order valence-corrected chi connectivity index (χ1v) is 8.47. The van der Waals surface area contributed by atoms with Crippen molar-refractivity contribution < 1.29 is 0 Å². The van der Waals surface area contributed by atoms with Crippen LogP contribution in [-0.2, 0) is 0 Å². The van der Waals surface area contributed by atoms with Crippen molar-refractivity contribution in [1.82, 2.24) is 4.90 Å². The van der Waals surface area contributed by atoms with Gasteiger partial charge in [-0.15, -0.1) is 0 Å². The third-order valence-electron chi connectivity index (χ3n) is 4.74. The largest absolute Gasteiger partial charge is 0.329 e. The molecule has 1 unspecified atom stereocenters. The molecule has 1 atom stereocenters. The molecule has 118 valence electrons. The Hall–Kier alpha value is -0.280. The van der Waals surface area contributed by atoms with Gasteiger partial charge in [-0.1, -0.05) is 44.0 Å². The van der Waals surface area contributed by atoms with E-state index in [9.17, 15) is 0 Å². The summed E-state index contributed by atoms with van der Waals surface area (Å²) in [6.07, 6.45) is 2.44. The highest BCUT2D eigenvalue weighted by Crippen LogP contribution is 2.37. The molecule has 1 aromatic rings. The van der Waals surface area contributed by atoms with Crippen LogP contribution in [0.15, 0.2) is 18.2 Å². The lowest BCUT2D eigenvalue weighted by Gasteiger charge is -2.42. The number of nitrogens with zero attached hydrogens (tertiary/aromatic N) is 1. The van der Waals surface area contributed by atoms with Crippen molar-refractivity contribution in [2.45, 2.75) is 39.7 Å². The van der Waals surface area contributed by atoms with Gasteiger partial charge in [-0.25, -0.2) is 0 Å². The van der Waals surface area contributed by atoms with Crippen LogP contribution in [0.1, 0.15) is 45.2 Å². The van der Waals surface area contributed by atoms with Gasteiger partial charge in [0.1, 0.15) is 0 Å². The molecule has 0 bridgehead atoms. The molecule has 0 aromatic heterocycles. The van der Waals surface area contributed by atoms with E-state index < -0.39 is 0 Å². The molecule has 2 N–H and O–H groups in total. The zero-order valence-corrected chi connectivity index (χ0v) is 14.7. The molecule has 4 heteroatoms. The Bertz CT molecular complexity index is 474. The molecular formula is C17H26Cl2N2. The number of piperidine rings is 1. The average Bonchev–Trinajstić information content (AvgIpc) is 2.43. The van der Waals surface area contributed by atoms with Crippen LogP contribution in [0.3, 0.4) is 0 Å². The van der Waals surface area contributed by atoms with Gasteiger partial charge in [-0.3, -0.25) is 4.90 Å². The van der Waals surface area contributed by atoms with E-state index in [-0.39, 0.29) is 6.04 Å². The van der Waals surface area contributed by atoms with E-state index in [1.165, 1.54) is 12.8 Å². The molecule has 21 heavy (non-hydrogen) atoms. The number of likely N-dealkylation sites (tertiary alicyclic amines) is 1. The first kappa shape index (κ1) is 17.1. The van der Waals surface area contributed by atoms with Gasteiger partial charge in [-0.05, 0) is 61.0 Å². The van der Waals surface area contributed by atoms with Gasteiger partial charge in [0.05, 0.1) is 0 Å². The van der Waals surface area contributed by atoms with Crippen LogP contribution in [-0.4, -0.2) is 24.5 Å². The summed E-state index contributed by atoms with van der Waals surface area (Å²) in [4.78, 5) is 2.46. The number of nitrogens with two attached hydrogens (primary N) is 1. The summed E-state index contributed by atoms with van der Waals surface area (Å²) in [5.41, 5.74) is 7.47. The van der Waals surface area contributed by atoms with E-state index in [1.807, 2.05) is 18.2 Å². The lowest BCUT2D eigenvalue weighted by molar-refractivity contribution is 0.0847. The van der Waals surface area contributed by atoms with E-state index in [1.54, 1.807) is 0 Å². The summed E-state index contributed by atoms with van der Waals surface area (Å²) in [7, 11) is 0. The molecular weight excluding hydrogens is 303 g/mol. The average molecular weight is 329 g/mol. The number of rotatable bonds is 3. The van der Waals surface area contributed by atoms with Crippen molar-refractivity contribution in [3.63, 3.8) is 0 Å². The molecule has 1 heterocycles. The van der Waals surface area contributed by atoms with Crippen LogP contribution in [0.25, 0.3) is 0 Å². The van der Waals surface area contributed by atoms with Gasteiger partial charge in [0.25, 0.3) is 0 Å². The number of halogens is 2. The Labute approximate surface area is 138 Å². The molecule has 0 saturated carbocycles. The van der Waals surface area contributed by atoms with Crippen LogP contribution >= 0.6 is 23.2 Å². The highest BCUT2D eigenvalue weighted by atomic mass is 35.5. The van der Waals surface area contributed by atoms with Crippen molar-refractivity contribution in [3.8, 4) is 0 Å². The van der Waals surface area contributed by atoms with E-state index in [0.717, 1.165) is 34.6 Å². The van der Waals surface area contributed by atoms with Gasteiger partial charge < -0.3 is 5.73 Å². The molecule has 0 spiro atoms. The summed E-state index contributed by atoms with van der Waals surface area (Å²) >= 11 is 12.5. The minimum atomic E-state index is 0.164. The molecule has 2 nitrogen and oxygen atoms in total. The van der Waals surface area contributed by atoms with E-state index in [2.05, 4.69) is 25.7 Å². The third-order valence-corrected chi connectivity index (χ3v) is 5.31. The second-order valence-corrected chi connectivity index (χ2v) is 7.94. The number of hydrogen-bond donors (Lipinski definition) is 1. The fourth-order valence-electron chi connectivity index (χ4n) is 3.32. The first-order chi connectivity index (χ1) is 9.82. The summed E-state index contributed by atoms with van der Waals surface area (Å²) in [5.74, 6) is 0.780. The molecule has 1 aliphatic heterocycles. The van der Waals surface area contributed by atoms with Crippen LogP contribution in [0, 0.1) is 11.3 Å². The van der Waals surface area contributed by atoms with Gasteiger partial charge in [0.2, 0.25) is 0 Å². The topological polar surface area (TPSA) is 29.3 Å². The van der Waals surface area contributed by atoms with Crippen molar-refractivity contribution in [2.24, 2.45) is 17.1 Å². The maximum Gasteiger partial charge on any atom is 0.0485 e. The smallest absolute Gasteiger partial charge is 0.0485 e. The maximum atomic E-state index is 6.35. The molecule has 0 amide bonds. The lowest BCUT2D eigenvalue weighted by Crippen LogP contribution is -2.42. The van der Waals surface area contributed by atoms with Crippen LogP contribution in [0.5, 0.6) is 0 Å². The normalized spacial score (nSPS) is 19.7. The van der Waals surface area contributed by atoms with Gasteiger partial charge in [0, 0.05) is 22.6 Å². The Balaban J connectivity index is 2.11. The number of hydrogen-bond acceptors (Lipinski definition) is 2. The van der Waals surface area contributed by atoms with Gasteiger partial charge in [0.15, 0.2) is 0 Å². The van der Waals surface area contributed by atoms with Crippen molar-refractivity contribution in [3.05, 3.63) is 33.8 Å². The zero-order valence-electron chi connectivity index (χ0n) is 13.2. The SMILES string of the molecule is CC(C)(C)C1CCN(C(CN)c2cc(Cl)ccc2Cl)CC1. The van der Waals surface area contributed by atoms with E-state index in [4.69, 9.17) is 28.9 Å². The van der Waals surface area contributed by atoms with E-state index >= 15 is 0 Å². The quantitative estimate of drug-likeness (QED) is 0.867. The minimum Gasteiger partial charge on any atom is -0.329 e. The molecule has 0 aliphatic carbocycles. The Morgan fingerprint density at radius 2 is 1.86 bits per heavy atom. The van der Waals surface area contributed by atoms with Gasteiger partial charge in [-0.2, -0.15) is 0 Å². The summed E-state index contributed by atoms with van der Waals surface area (Å²) in [5, 5.41) is 1.48. The fraction of sp³-hybridized carbons (Fsp3) is 0.647. The predicted octanol–water partition coefficient (Wildman–Crippen LogP) is 4.75. The fourth-order valence-corrected chi connectivity index (χ4v) is 3.74. The molecule has 1 aliphatic rings. The third kappa shape index (κ3) is 4.13. The number of benzene rings is 1. The standard InChI is InChI=1S/C17H26Cl2N2/c1-17(2,3)12-6-8-21(9-7-12)16(11-20)14-10-13(18)4-5-15(14)19/h4-5,10,12,16H,6-9,11,20H2,1-3H3. The Morgan fingerprint density at radius 1 is 1.24 bits per heavy atom. The zero-order chi connectivity index (χ0) is 15.6. The molecule has 1 saturated heterocycles. The highest BCUT2D eigenvalue weighted by molar-refractivity contribution is 6.33. The van der Waals surface area contributed by atoms with Crippen LogP contribution in [0.2, 0.25) is 10.0 Å². The van der Waals surface area contributed by atoms with Crippen molar-refractivity contribution >= 4 is 23.2 Å². The van der Waals surface area contributed by atoms with Crippen molar-refractivity contribution in [1.29, 1.82) is 0 Å². The summed E-state index contributed by atoms with van der Waals surface area (Å²) in [6, 6.07) is 5.81. The maximum absolute atomic E-state index is 6.35. The summed E-state index contributed by atoms with van der Waals surface area (Å²) < 4.78 is 0. The Morgan fingerprint density at radius 3 is 2.38 bits per heavy atom. The molecule has 1 aromatic carbocycles. The lowest BCUT2D eigenvalue weighted by atomic mass is 9.75. The highest BCUT2D eigenvalue weighted by Gasteiger charge is 2.31. The van der Waals surface area contributed by atoms with E-state index in [0.29, 0.717) is 12.0 Å². The van der Waals surface area contributed by atoms with Crippen molar-refractivity contribution in [2.75, 3.05) is 19.6 Å². The Kier molecular flexibility index (Phi) is 5.59. The minimum absolute atomic E-state index is 0.164. The molecule has 2 rings (SSSR count). The summed E-state index contributed by atoms with van der Waals surface area (Å²) in [6.45, 7) is 9.73. The van der Waals surface area contributed by atoms with Gasteiger partial charge >= 0.3 is 0 Å². The predicted molar refractivity (Wildman–Crippen MR) is 92.0 cm³/mol. The first-order valence-electron chi connectivity index (χ1n) is 7.72. The molecule has 1 fully saturated rings. The monoisotopic (exact) mass is 328 g/mol. The van der Waals surface area contributed by atoms with Crippen LogP contribution < -0.4 is 5.73 Å². The van der Waals surface area contributed by atoms with Crippen LogP contribution in [0.4, 0.5) is 0 Å². The molecule has 0 radical (unpaired) electrons. The second-order valence-electron chi connectivity index (χ2n) is 7.09. The second kappa shape index (κ2) is 6.87.